The summed E-state index contributed by atoms with van der Waals surface area (Å²) in [6.07, 6.45) is 9.99. The largest absolute Gasteiger partial charge is 0.461 e. The molecule has 2 fully saturated rings. The number of aromatic nitrogens is 2. The van der Waals surface area contributed by atoms with Gasteiger partial charge in [0, 0.05) is 21.7 Å². The van der Waals surface area contributed by atoms with Crippen LogP contribution in [-0.2, 0) is 28.8 Å². The lowest BCUT2D eigenvalue weighted by atomic mass is 9.99. The molecule has 212 valence electrons. The summed E-state index contributed by atoms with van der Waals surface area (Å²) in [5.41, 5.74) is 10.8. The summed E-state index contributed by atoms with van der Waals surface area (Å²) < 4.78 is 5.73. The highest BCUT2D eigenvalue weighted by Gasteiger charge is 2.30. The zero-order valence-electron chi connectivity index (χ0n) is 22.7. The van der Waals surface area contributed by atoms with Gasteiger partial charge in [0.25, 0.3) is 0 Å². The number of nitrogens with zero attached hydrogens (tertiary/aromatic N) is 2. The van der Waals surface area contributed by atoms with Crippen LogP contribution in [0, 0.1) is 0 Å². The summed E-state index contributed by atoms with van der Waals surface area (Å²) in [6, 6.07) is 13.9. The fourth-order valence-corrected chi connectivity index (χ4v) is 6.20. The SMILES string of the molecule is Nc1ncc(-c2cccc(CCNC3CCN[C@H](C(=O)OC4CCCC4)C3)c2)nc1CCc1c(Cl)cccc1Cl. The number of hydrogen-bond donors (Lipinski definition) is 3. The van der Waals surface area contributed by atoms with Crippen LogP contribution in [0.15, 0.2) is 48.7 Å². The number of nitrogens with one attached hydrogen (secondary N) is 2. The molecule has 40 heavy (non-hydrogen) atoms. The Hall–Kier alpha value is -2.71. The lowest BCUT2D eigenvalue weighted by Gasteiger charge is -2.30. The quantitative estimate of drug-likeness (QED) is 0.269. The van der Waals surface area contributed by atoms with Gasteiger partial charge in [-0.15, -0.1) is 0 Å². The first-order valence-corrected chi connectivity index (χ1v) is 15.0. The highest BCUT2D eigenvalue weighted by Crippen LogP contribution is 2.27. The highest BCUT2D eigenvalue weighted by atomic mass is 35.5. The van der Waals surface area contributed by atoms with Gasteiger partial charge in [-0.1, -0.05) is 47.5 Å². The Bertz CT molecular complexity index is 1290. The van der Waals surface area contributed by atoms with Gasteiger partial charge >= 0.3 is 5.97 Å². The molecule has 1 unspecified atom stereocenters. The van der Waals surface area contributed by atoms with E-state index in [1.165, 1.54) is 5.56 Å². The van der Waals surface area contributed by atoms with Gasteiger partial charge < -0.3 is 21.1 Å². The molecule has 2 heterocycles. The molecule has 4 N–H and O–H groups in total. The lowest BCUT2D eigenvalue weighted by Crippen LogP contribution is -2.50. The van der Waals surface area contributed by atoms with Crippen LogP contribution in [-0.4, -0.2) is 47.2 Å². The number of carbonyl (C=O) groups is 1. The van der Waals surface area contributed by atoms with E-state index in [1.807, 2.05) is 30.3 Å². The Balaban J connectivity index is 1.15. The van der Waals surface area contributed by atoms with Gasteiger partial charge in [-0.3, -0.25) is 4.79 Å². The lowest BCUT2D eigenvalue weighted by molar-refractivity contribution is -0.152. The van der Waals surface area contributed by atoms with Crippen molar-refractivity contribution in [3.05, 3.63) is 75.5 Å². The summed E-state index contributed by atoms with van der Waals surface area (Å²) in [5, 5.41) is 8.27. The normalized spacial score (nSPS) is 19.6. The molecule has 2 aromatic carbocycles. The molecule has 1 aromatic heterocycles. The molecule has 9 heteroatoms. The number of ether oxygens (including phenoxy) is 1. The van der Waals surface area contributed by atoms with E-state index >= 15 is 0 Å². The van der Waals surface area contributed by atoms with Gasteiger partial charge in [0.2, 0.25) is 0 Å². The monoisotopic (exact) mass is 581 g/mol. The minimum atomic E-state index is -0.220. The molecule has 5 rings (SSSR count). The molecule has 0 bridgehead atoms. The van der Waals surface area contributed by atoms with Crippen molar-refractivity contribution >= 4 is 35.0 Å². The van der Waals surface area contributed by atoms with Gasteiger partial charge in [0.1, 0.15) is 18.0 Å². The van der Waals surface area contributed by atoms with Gasteiger partial charge in [-0.25, -0.2) is 9.97 Å². The van der Waals surface area contributed by atoms with Crippen molar-refractivity contribution < 1.29 is 9.53 Å². The first-order valence-electron chi connectivity index (χ1n) is 14.3. The van der Waals surface area contributed by atoms with E-state index in [9.17, 15) is 4.79 Å². The average Bonchev–Trinajstić information content (AvgIpc) is 3.47. The van der Waals surface area contributed by atoms with E-state index in [0.29, 0.717) is 34.7 Å². The highest BCUT2D eigenvalue weighted by molar-refractivity contribution is 6.36. The van der Waals surface area contributed by atoms with Crippen molar-refractivity contribution in [1.82, 2.24) is 20.6 Å². The molecule has 1 saturated carbocycles. The standard InChI is InChI=1S/C31H37Cl2N5O2/c32-25-9-4-10-26(33)24(25)11-12-27-30(34)37-19-29(38-27)21-6-3-5-20(17-21)13-15-35-22-14-16-36-28(18-22)31(39)40-23-7-1-2-8-23/h3-6,9-10,17,19,22-23,28,35-36H,1-2,7-8,11-16,18H2,(H2,34,37)/t22?,28-/m0/s1. The summed E-state index contributed by atoms with van der Waals surface area (Å²) in [4.78, 5) is 21.9. The molecule has 0 spiro atoms. The first kappa shape index (κ1) is 28.8. The Kier molecular flexibility index (Phi) is 9.92. The second-order valence-electron chi connectivity index (χ2n) is 10.8. The number of rotatable bonds is 10. The molecule has 0 radical (unpaired) electrons. The molecule has 7 nitrogen and oxygen atoms in total. The van der Waals surface area contributed by atoms with Gasteiger partial charge in [-0.2, -0.15) is 0 Å². The van der Waals surface area contributed by atoms with Gasteiger partial charge in [0.15, 0.2) is 0 Å². The maximum absolute atomic E-state index is 12.6. The fraction of sp³-hybridized carbons (Fsp3) is 0.452. The van der Waals surface area contributed by atoms with E-state index in [-0.39, 0.29) is 18.1 Å². The third-order valence-corrected chi connectivity index (χ3v) is 8.60. The topological polar surface area (TPSA) is 102 Å². The Morgan fingerprint density at radius 3 is 2.62 bits per heavy atom. The predicted molar refractivity (Wildman–Crippen MR) is 161 cm³/mol. The molecule has 3 aromatic rings. The first-order chi connectivity index (χ1) is 19.5. The van der Waals surface area contributed by atoms with Crippen LogP contribution in [0.5, 0.6) is 0 Å². The van der Waals surface area contributed by atoms with Crippen molar-refractivity contribution in [2.45, 2.75) is 76.0 Å². The van der Waals surface area contributed by atoms with Crippen molar-refractivity contribution in [2.24, 2.45) is 0 Å². The van der Waals surface area contributed by atoms with E-state index in [4.69, 9.17) is 38.7 Å². The number of nitrogens with two attached hydrogens (primary N) is 1. The summed E-state index contributed by atoms with van der Waals surface area (Å²) in [5.74, 6) is 0.324. The second-order valence-corrected chi connectivity index (χ2v) is 11.6. The Morgan fingerprint density at radius 1 is 1.05 bits per heavy atom. The fourth-order valence-electron chi connectivity index (χ4n) is 5.62. The van der Waals surface area contributed by atoms with E-state index < -0.39 is 0 Å². The molecule has 1 aliphatic carbocycles. The zero-order chi connectivity index (χ0) is 27.9. The number of anilines is 1. The second kappa shape index (κ2) is 13.8. The molecule has 1 saturated heterocycles. The van der Waals surface area contributed by atoms with Crippen molar-refractivity contribution in [3.63, 3.8) is 0 Å². The number of halogens is 2. The van der Waals surface area contributed by atoms with E-state index in [1.54, 1.807) is 6.20 Å². The number of carbonyl (C=O) groups excluding carboxylic acids is 1. The number of hydrogen-bond acceptors (Lipinski definition) is 7. The van der Waals surface area contributed by atoms with Crippen LogP contribution < -0.4 is 16.4 Å². The summed E-state index contributed by atoms with van der Waals surface area (Å²) >= 11 is 12.7. The van der Waals surface area contributed by atoms with Crippen molar-refractivity contribution in [1.29, 1.82) is 0 Å². The molecule has 2 atom stereocenters. The molecular formula is C31H37Cl2N5O2. The minimum absolute atomic E-state index is 0.0926. The molecule has 2 aliphatic rings. The molecule has 0 amide bonds. The Morgan fingerprint density at radius 2 is 1.82 bits per heavy atom. The van der Waals surface area contributed by atoms with Crippen LogP contribution in [0.1, 0.15) is 55.3 Å². The van der Waals surface area contributed by atoms with Crippen LogP contribution >= 0.6 is 23.2 Å². The zero-order valence-corrected chi connectivity index (χ0v) is 24.2. The summed E-state index contributed by atoms with van der Waals surface area (Å²) in [6.45, 7) is 1.65. The van der Waals surface area contributed by atoms with Crippen LogP contribution in [0.2, 0.25) is 10.0 Å². The van der Waals surface area contributed by atoms with E-state index in [0.717, 1.165) is 80.6 Å². The summed E-state index contributed by atoms with van der Waals surface area (Å²) in [7, 11) is 0. The third kappa shape index (κ3) is 7.52. The molecule has 1 aliphatic heterocycles. The number of nitrogen functional groups attached to an aromatic ring is 1. The van der Waals surface area contributed by atoms with Crippen molar-refractivity contribution in [2.75, 3.05) is 18.8 Å². The van der Waals surface area contributed by atoms with Crippen LogP contribution in [0.3, 0.4) is 0 Å². The van der Waals surface area contributed by atoms with Crippen molar-refractivity contribution in [3.8, 4) is 11.3 Å². The maximum Gasteiger partial charge on any atom is 0.323 e. The Labute approximate surface area is 246 Å². The number of piperidine rings is 1. The third-order valence-electron chi connectivity index (χ3n) is 7.89. The minimum Gasteiger partial charge on any atom is -0.461 e. The van der Waals surface area contributed by atoms with Crippen LogP contribution in [0.4, 0.5) is 5.82 Å². The van der Waals surface area contributed by atoms with Gasteiger partial charge in [0.05, 0.1) is 17.6 Å². The maximum atomic E-state index is 12.6. The molecular weight excluding hydrogens is 545 g/mol. The number of esters is 1. The van der Waals surface area contributed by atoms with E-state index in [2.05, 4.69) is 27.8 Å². The smallest absolute Gasteiger partial charge is 0.323 e. The number of benzene rings is 2. The predicted octanol–water partition coefficient (Wildman–Crippen LogP) is 5.56. The van der Waals surface area contributed by atoms with Gasteiger partial charge in [-0.05, 0) is 100 Å². The van der Waals surface area contributed by atoms with Crippen LogP contribution in [0.25, 0.3) is 11.3 Å². The number of aryl methyl sites for hydroxylation is 1. The average molecular weight is 583 g/mol.